The summed E-state index contributed by atoms with van der Waals surface area (Å²) in [7, 11) is 3.28. The quantitative estimate of drug-likeness (QED) is 0.586. The van der Waals surface area contributed by atoms with E-state index in [9.17, 15) is 19.2 Å². The van der Waals surface area contributed by atoms with Crippen molar-refractivity contribution in [1.82, 2.24) is 18.9 Å². The van der Waals surface area contributed by atoms with Gasteiger partial charge in [-0.1, -0.05) is 30.3 Å². The number of nitrogen functional groups attached to an aromatic ring is 1. The zero-order chi connectivity index (χ0) is 23.3. The van der Waals surface area contributed by atoms with Crippen LogP contribution < -0.4 is 17.0 Å². The number of aromatic nitrogens is 2. The lowest BCUT2D eigenvalue weighted by Gasteiger charge is -2.26. The maximum absolute atomic E-state index is 13.2. The molecule has 9 heteroatoms. The molecule has 2 N–H and O–H groups in total. The summed E-state index contributed by atoms with van der Waals surface area (Å²) in [5.74, 6) is -0.836. The lowest BCUT2D eigenvalue weighted by atomic mass is 10.1. The highest BCUT2D eigenvalue weighted by atomic mass is 16.2. The number of rotatable bonds is 9. The number of hydrogen-bond acceptors (Lipinski definition) is 6. The number of carbonyl (C=O) groups excluding carboxylic acids is 2. The summed E-state index contributed by atoms with van der Waals surface area (Å²) in [5, 5.41) is 0. The Morgan fingerprint density at radius 3 is 2.16 bits per heavy atom. The number of benzene rings is 1. The van der Waals surface area contributed by atoms with E-state index in [4.69, 9.17) is 5.73 Å². The molecule has 2 rings (SSSR count). The van der Waals surface area contributed by atoms with Crippen molar-refractivity contribution >= 4 is 17.5 Å². The highest BCUT2D eigenvalue weighted by molar-refractivity contribution is 6.01. The van der Waals surface area contributed by atoms with Crippen LogP contribution in [0.1, 0.15) is 36.7 Å². The highest BCUT2D eigenvalue weighted by Gasteiger charge is 2.26. The number of carbonyl (C=O) groups is 2. The number of anilines is 1. The Morgan fingerprint density at radius 1 is 1.03 bits per heavy atom. The molecule has 9 nitrogen and oxygen atoms in total. The van der Waals surface area contributed by atoms with Crippen LogP contribution in [0.3, 0.4) is 0 Å². The number of amides is 1. The fraction of sp³-hybridized carbons (Fsp3) is 0.455. The summed E-state index contributed by atoms with van der Waals surface area (Å²) in [6, 6.07) is 9.08. The van der Waals surface area contributed by atoms with E-state index in [0.29, 0.717) is 0 Å². The lowest BCUT2D eigenvalue weighted by Crippen LogP contribution is -2.47. The average molecular weight is 430 g/mol. The molecule has 1 amide bonds. The second-order valence-electron chi connectivity index (χ2n) is 7.87. The standard InChI is InChI=1S/C22H31N5O4/c1-6-26-21(30)19(17(28)13-25(15(2)3)14-18(29)24(4)5)20(23)27(22(26)31)12-16-10-8-7-9-11-16/h7-11,15H,6,12-14,23H2,1-5H3. The van der Waals surface area contributed by atoms with Gasteiger partial charge >= 0.3 is 5.69 Å². The predicted octanol–water partition coefficient (Wildman–Crippen LogP) is 0.642. The third kappa shape index (κ3) is 5.49. The molecule has 0 atom stereocenters. The summed E-state index contributed by atoms with van der Waals surface area (Å²) in [6.45, 7) is 5.50. The van der Waals surface area contributed by atoms with Crippen LogP contribution in [0.2, 0.25) is 0 Å². The average Bonchev–Trinajstić information content (AvgIpc) is 2.71. The molecule has 0 aliphatic heterocycles. The van der Waals surface area contributed by atoms with Gasteiger partial charge in [-0.3, -0.25) is 28.4 Å². The van der Waals surface area contributed by atoms with E-state index in [1.54, 1.807) is 25.9 Å². The molecular weight excluding hydrogens is 398 g/mol. The number of nitrogens with zero attached hydrogens (tertiary/aromatic N) is 4. The fourth-order valence-electron chi connectivity index (χ4n) is 3.17. The summed E-state index contributed by atoms with van der Waals surface area (Å²) in [6.07, 6.45) is 0. The SMILES string of the molecule is CCn1c(=O)c(C(=O)CN(CC(=O)N(C)C)C(C)C)c(N)n(Cc2ccccc2)c1=O. The topological polar surface area (TPSA) is 111 Å². The first-order valence-corrected chi connectivity index (χ1v) is 10.2. The Labute approximate surface area is 181 Å². The van der Waals surface area contributed by atoms with Crippen molar-refractivity contribution < 1.29 is 9.59 Å². The highest BCUT2D eigenvalue weighted by Crippen LogP contribution is 2.11. The van der Waals surface area contributed by atoms with Crippen molar-refractivity contribution in [1.29, 1.82) is 0 Å². The zero-order valence-corrected chi connectivity index (χ0v) is 18.8. The molecular formula is C22H31N5O4. The predicted molar refractivity (Wildman–Crippen MR) is 120 cm³/mol. The van der Waals surface area contributed by atoms with Gasteiger partial charge in [0.05, 0.1) is 19.6 Å². The van der Waals surface area contributed by atoms with Gasteiger partial charge in [-0.2, -0.15) is 0 Å². The van der Waals surface area contributed by atoms with Gasteiger partial charge in [0.1, 0.15) is 11.4 Å². The van der Waals surface area contributed by atoms with Gasteiger partial charge in [0.25, 0.3) is 5.56 Å². The van der Waals surface area contributed by atoms with Crippen molar-refractivity contribution in [3.8, 4) is 0 Å². The fourth-order valence-corrected chi connectivity index (χ4v) is 3.17. The van der Waals surface area contributed by atoms with Gasteiger partial charge in [0, 0.05) is 26.7 Å². The van der Waals surface area contributed by atoms with Gasteiger partial charge in [-0.25, -0.2) is 4.79 Å². The Kier molecular flexibility index (Phi) is 7.93. The summed E-state index contributed by atoms with van der Waals surface area (Å²) in [4.78, 5) is 54.2. The van der Waals surface area contributed by atoms with E-state index in [1.807, 2.05) is 44.2 Å². The number of ketones is 1. The summed E-state index contributed by atoms with van der Waals surface area (Å²) < 4.78 is 2.26. The number of hydrogen-bond donors (Lipinski definition) is 1. The van der Waals surface area contributed by atoms with Crippen molar-refractivity contribution in [3.05, 3.63) is 62.3 Å². The van der Waals surface area contributed by atoms with Crippen LogP contribution >= 0.6 is 0 Å². The summed E-state index contributed by atoms with van der Waals surface area (Å²) >= 11 is 0. The van der Waals surface area contributed by atoms with Crippen molar-refractivity contribution in [2.45, 2.75) is 39.9 Å². The van der Waals surface area contributed by atoms with Crippen LogP contribution in [0.4, 0.5) is 5.82 Å². The van der Waals surface area contributed by atoms with Crippen LogP contribution in [-0.4, -0.2) is 63.9 Å². The zero-order valence-electron chi connectivity index (χ0n) is 18.8. The molecule has 31 heavy (non-hydrogen) atoms. The largest absolute Gasteiger partial charge is 0.384 e. The second-order valence-corrected chi connectivity index (χ2v) is 7.87. The molecule has 0 aliphatic rings. The van der Waals surface area contributed by atoms with Crippen molar-refractivity contribution in [2.24, 2.45) is 0 Å². The third-order valence-electron chi connectivity index (χ3n) is 5.16. The van der Waals surface area contributed by atoms with E-state index in [1.165, 1.54) is 9.47 Å². The number of nitrogens with two attached hydrogens (primary N) is 1. The Balaban J connectivity index is 2.50. The molecule has 2 aromatic rings. The molecule has 0 bridgehead atoms. The van der Waals surface area contributed by atoms with E-state index in [0.717, 1.165) is 10.1 Å². The Hall–Kier alpha value is -3.20. The minimum absolute atomic E-state index is 0.0297. The first-order valence-electron chi connectivity index (χ1n) is 10.2. The maximum atomic E-state index is 13.2. The second kappa shape index (κ2) is 10.2. The van der Waals surface area contributed by atoms with Crippen LogP contribution in [-0.2, 0) is 17.9 Å². The molecule has 1 heterocycles. The summed E-state index contributed by atoms with van der Waals surface area (Å²) in [5.41, 5.74) is 5.52. The van der Waals surface area contributed by atoms with E-state index in [2.05, 4.69) is 0 Å². The lowest BCUT2D eigenvalue weighted by molar-refractivity contribution is -0.130. The Morgan fingerprint density at radius 2 is 1.65 bits per heavy atom. The van der Waals surface area contributed by atoms with Crippen molar-refractivity contribution in [3.63, 3.8) is 0 Å². The molecule has 1 aromatic heterocycles. The van der Waals surface area contributed by atoms with Gasteiger partial charge in [-0.15, -0.1) is 0 Å². The molecule has 0 unspecified atom stereocenters. The van der Waals surface area contributed by atoms with E-state index < -0.39 is 17.0 Å². The molecule has 0 saturated heterocycles. The first-order chi connectivity index (χ1) is 14.6. The Bertz CT molecular complexity index is 1050. The molecule has 0 aliphatic carbocycles. The molecule has 0 spiro atoms. The van der Waals surface area contributed by atoms with Crippen LogP contribution in [0.5, 0.6) is 0 Å². The molecule has 1 aromatic carbocycles. The van der Waals surface area contributed by atoms with Gasteiger partial charge in [0.2, 0.25) is 5.91 Å². The number of Topliss-reactive ketones (excluding diaryl/α,β-unsaturated/α-hetero) is 1. The van der Waals surface area contributed by atoms with E-state index >= 15 is 0 Å². The minimum atomic E-state index is -0.707. The molecule has 168 valence electrons. The van der Waals surface area contributed by atoms with Gasteiger partial charge in [-0.05, 0) is 26.3 Å². The third-order valence-corrected chi connectivity index (χ3v) is 5.16. The minimum Gasteiger partial charge on any atom is -0.384 e. The monoisotopic (exact) mass is 429 g/mol. The van der Waals surface area contributed by atoms with Crippen LogP contribution in [0.25, 0.3) is 0 Å². The number of likely N-dealkylation sites (N-methyl/N-ethyl adjacent to an activating group) is 1. The normalized spacial score (nSPS) is 11.2. The smallest absolute Gasteiger partial charge is 0.332 e. The van der Waals surface area contributed by atoms with Gasteiger partial charge in [0.15, 0.2) is 5.78 Å². The first kappa shape index (κ1) is 24.1. The van der Waals surface area contributed by atoms with Gasteiger partial charge < -0.3 is 10.6 Å². The van der Waals surface area contributed by atoms with Crippen LogP contribution in [0, 0.1) is 0 Å². The van der Waals surface area contributed by atoms with Crippen molar-refractivity contribution in [2.75, 3.05) is 32.9 Å². The molecule has 0 radical (unpaired) electrons. The van der Waals surface area contributed by atoms with E-state index in [-0.39, 0.29) is 49.5 Å². The molecule has 0 fully saturated rings. The maximum Gasteiger partial charge on any atom is 0.332 e. The molecule has 0 saturated carbocycles. The van der Waals surface area contributed by atoms with Crippen LogP contribution in [0.15, 0.2) is 39.9 Å².